The Labute approximate surface area is 71.8 Å². The van der Waals surface area contributed by atoms with Crippen LogP contribution < -0.4 is 0 Å². The first-order valence-electron chi connectivity index (χ1n) is 4.25. The van der Waals surface area contributed by atoms with E-state index in [1.54, 1.807) is 0 Å². The Morgan fingerprint density at radius 2 is 2.33 bits per heavy atom. The summed E-state index contributed by atoms with van der Waals surface area (Å²) in [5.41, 5.74) is 0. The van der Waals surface area contributed by atoms with Crippen molar-refractivity contribution >= 4 is 6.09 Å². The van der Waals surface area contributed by atoms with E-state index in [4.69, 9.17) is 10.2 Å². The first-order valence-corrected chi connectivity index (χ1v) is 4.25. The number of likely N-dealkylation sites (tertiary alicyclic amines) is 1. The fourth-order valence-corrected chi connectivity index (χ4v) is 1.68. The summed E-state index contributed by atoms with van der Waals surface area (Å²) in [5.74, 6) is 0.526. The van der Waals surface area contributed by atoms with Gasteiger partial charge in [-0.25, -0.2) is 4.79 Å². The van der Waals surface area contributed by atoms with Crippen molar-refractivity contribution in [1.82, 2.24) is 4.90 Å². The molecule has 0 aromatic rings. The summed E-state index contributed by atoms with van der Waals surface area (Å²) in [4.78, 5) is 12.0. The van der Waals surface area contributed by atoms with Crippen LogP contribution in [0.15, 0.2) is 0 Å². The van der Waals surface area contributed by atoms with E-state index in [9.17, 15) is 4.79 Å². The van der Waals surface area contributed by atoms with Gasteiger partial charge in [0.2, 0.25) is 0 Å². The summed E-state index contributed by atoms with van der Waals surface area (Å²) >= 11 is 0. The van der Waals surface area contributed by atoms with Crippen LogP contribution in [0.4, 0.5) is 4.79 Å². The van der Waals surface area contributed by atoms with Gasteiger partial charge in [-0.3, -0.25) is 0 Å². The van der Waals surface area contributed by atoms with Crippen molar-refractivity contribution in [2.75, 3.05) is 13.2 Å². The van der Waals surface area contributed by atoms with Crippen LogP contribution in [0.1, 0.15) is 19.8 Å². The van der Waals surface area contributed by atoms with Gasteiger partial charge in [0.05, 0.1) is 12.6 Å². The Bertz CT molecular complexity index is 172. The number of carboxylic acid groups (broad SMARTS) is 1. The third-order valence-corrected chi connectivity index (χ3v) is 2.43. The van der Waals surface area contributed by atoms with Gasteiger partial charge in [0.25, 0.3) is 0 Å². The van der Waals surface area contributed by atoms with Gasteiger partial charge in [0.1, 0.15) is 0 Å². The van der Waals surface area contributed by atoms with Crippen molar-refractivity contribution < 1.29 is 15.0 Å². The summed E-state index contributed by atoms with van der Waals surface area (Å²) in [6.45, 7) is 2.58. The molecule has 2 atom stereocenters. The highest BCUT2D eigenvalue weighted by Gasteiger charge is 2.28. The highest BCUT2D eigenvalue weighted by molar-refractivity contribution is 5.65. The molecule has 1 heterocycles. The van der Waals surface area contributed by atoms with Gasteiger partial charge in [-0.05, 0) is 18.8 Å². The van der Waals surface area contributed by atoms with Crippen molar-refractivity contribution in [3.8, 4) is 0 Å². The van der Waals surface area contributed by atoms with Crippen LogP contribution >= 0.6 is 0 Å². The molecule has 1 amide bonds. The van der Waals surface area contributed by atoms with E-state index >= 15 is 0 Å². The average molecular weight is 173 g/mol. The number of hydrogen-bond donors (Lipinski definition) is 2. The largest absolute Gasteiger partial charge is 0.465 e. The van der Waals surface area contributed by atoms with Gasteiger partial charge >= 0.3 is 6.09 Å². The minimum atomic E-state index is -0.916. The highest BCUT2D eigenvalue weighted by Crippen LogP contribution is 2.21. The molecule has 1 aliphatic heterocycles. The lowest BCUT2D eigenvalue weighted by atomic mass is 9.93. The number of piperidine rings is 1. The van der Waals surface area contributed by atoms with Crippen molar-refractivity contribution in [3.05, 3.63) is 0 Å². The number of nitrogens with zero attached hydrogens (tertiary/aromatic N) is 1. The van der Waals surface area contributed by atoms with Crippen molar-refractivity contribution in [3.63, 3.8) is 0 Å². The third kappa shape index (κ3) is 1.88. The Morgan fingerprint density at radius 1 is 1.67 bits per heavy atom. The van der Waals surface area contributed by atoms with Crippen LogP contribution in [0.5, 0.6) is 0 Å². The maximum atomic E-state index is 10.6. The SMILES string of the molecule is CC1CCN(C(=O)O)[C@@H](CO)C1. The summed E-state index contributed by atoms with van der Waals surface area (Å²) in [6.07, 6.45) is 0.770. The first kappa shape index (κ1) is 9.32. The average Bonchev–Trinajstić information content (AvgIpc) is 2.03. The molecular weight excluding hydrogens is 158 g/mol. The Balaban J connectivity index is 2.56. The monoisotopic (exact) mass is 173 g/mol. The van der Waals surface area contributed by atoms with Crippen LogP contribution in [-0.2, 0) is 0 Å². The van der Waals surface area contributed by atoms with E-state index in [2.05, 4.69) is 6.92 Å². The number of amides is 1. The van der Waals surface area contributed by atoms with Crippen molar-refractivity contribution in [2.45, 2.75) is 25.8 Å². The van der Waals surface area contributed by atoms with E-state index in [1.807, 2.05) is 0 Å². The minimum absolute atomic E-state index is 0.0589. The number of aliphatic hydroxyl groups excluding tert-OH is 1. The summed E-state index contributed by atoms with van der Waals surface area (Å²) in [6, 6.07) is -0.189. The Morgan fingerprint density at radius 3 is 2.83 bits per heavy atom. The van der Waals surface area contributed by atoms with Crippen LogP contribution in [0.2, 0.25) is 0 Å². The third-order valence-electron chi connectivity index (χ3n) is 2.43. The molecule has 1 fully saturated rings. The maximum absolute atomic E-state index is 10.6. The molecule has 70 valence electrons. The molecule has 0 radical (unpaired) electrons. The van der Waals surface area contributed by atoms with Gasteiger partial charge < -0.3 is 15.1 Å². The fourth-order valence-electron chi connectivity index (χ4n) is 1.68. The predicted octanol–water partition coefficient (Wildman–Crippen LogP) is 0.757. The van der Waals surface area contributed by atoms with Crippen LogP contribution in [0, 0.1) is 5.92 Å². The maximum Gasteiger partial charge on any atom is 0.407 e. The predicted molar refractivity (Wildman–Crippen MR) is 44.0 cm³/mol. The van der Waals surface area contributed by atoms with Gasteiger partial charge in [0, 0.05) is 6.54 Å². The van der Waals surface area contributed by atoms with Gasteiger partial charge in [-0.1, -0.05) is 6.92 Å². The lowest BCUT2D eigenvalue weighted by Gasteiger charge is -2.35. The lowest BCUT2D eigenvalue weighted by molar-refractivity contribution is 0.0638. The number of carbonyl (C=O) groups is 1. The zero-order valence-corrected chi connectivity index (χ0v) is 7.23. The molecule has 0 spiro atoms. The highest BCUT2D eigenvalue weighted by atomic mass is 16.4. The zero-order chi connectivity index (χ0) is 9.14. The van der Waals surface area contributed by atoms with E-state index in [0.717, 1.165) is 12.8 Å². The molecule has 12 heavy (non-hydrogen) atoms. The minimum Gasteiger partial charge on any atom is -0.465 e. The molecule has 1 saturated heterocycles. The molecule has 1 aliphatic rings. The summed E-state index contributed by atoms with van der Waals surface area (Å²) in [5, 5.41) is 17.7. The van der Waals surface area contributed by atoms with Gasteiger partial charge in [-0.2, -0.15) is 0 Å². The molecule has 0 aliphatic carbocycles. The quantitative estimate of drug-likeness (QED) is 0.615. The topological polar surface area (TPSA) is 60.8 Å². The smallest absolute Gasteiger partial charge is 0.407 e. The van der Waals surface area contributed by atoms with Crippen LogP contribution in [-0.4, -0.2) is 40.4 Å². The number of hydrogen-bond acceptors (Lipinski definition) is 2. The van der Waals surface area contributed by atoms with Gasteiger partial charge in [-0.15, -0.1) is 0 Å². The molecule has 1 unspecified atom stereocenters. The molecule has 4 nitrogen and oxygen atoms in total. The number of rotatable bonds is 1. The molecule has 0 saturated carbocycles. The molecule has 0 aromatic carbocycles. The molecule has 1 rings (SSSR count). The fraction of sp³-hybridized carbons (Fsp3) is 0.875. The van der Waals surface area contributed by atoms with Crippen molar-refractivity contribution in [1.29, 1.82) is 0 Å². The van der Waals surface area contributed by atoms with E-state index < -0.39 is 6.09 Å². The second-order valence-electron chi connectivity index (χ2n) is 3.44. The number of aliphatic hydroxyl groups is 1. The standard InChI is InChI=1S/C8H15NO3/c1-6-2-3-9(8(11)12)7(4-6)5-10/h6-7,10H,2-5H2,1H3,(H,11,12)/t6?,7-/m1/s1. The molecule has 0 bridgehead atoms. The Kier molecular flexibility index (Phi) is 2.92. The molecule has 4 heteroatoms. The second kappa shape index (κ2) is 3.76. The lowest BCUT2D eigenvalue weighted by Crippen LogP contribution is -2.46. The van der Waals surface area contributed by atoms with Crippen molar-refractivity contribution in [2.24, 2.45) is 5.92 Å². The van der Waals surface area contributed by atoms with E-state index in [1.165, 1.54) is 4.90 Å². The second-order valence-corrected chi connectivity index (χ2v) is 3.44. The molecular formula is C8H15NO3. The zero-order valence-electron chi connectivity index (χ0n) is 7.23. The molecule has 0 aromatic heterocycles. The van der Waals surface area contributed by atoms with Gasteiger partial charge in [0.15, 0.2) is 0 Å². The molecule has 2 N–H and O–H groups in total. The van der Waals surface area contributed by atoms with Crippen LogP contribution in [0.3, 0.4) is 0 Å². The summed E-state index contributed by atoms with van der Waals surface area (Å²) in [7, 11) is 0. The van der Waals surface area contributed by atoms with E-state index in [0.29, 0.717) is 12.5 Å². The first-order chi connectivity index (χ1) is 5.65. The summed E-state index contributed by atoms with van der Waals surface area (Å²) < 4.78 is 0. The van der Waals surface area contributed by atoms with E-state index in [-0.39, 0.29) is 12.6 Å². The Hall–Kier alpha value is -0.770. The van der Waals surface area contributed by atoms with Crippen LogP contribution in [0.25, 0.3) is 0 Å². The normalized spacial score (nSPS) is 30.3.